The van der Waals surface area contributed by atoms with Gasteiger partial charge < -0.3 is 40.2 Å². The molecule has 4 fully saturated rings. The minimum atomic E-state index is -3.58. The van der Waals surface area contributed by atoms with Crippen molar-refractivity contribution in [3.8, 4) is 45.2 Å². The van der Waals surface area contributed by atoms with Gasteiger partial charge >= 0.3 is 0 Å². The molecule has 0 bridgehead atoms. The summed E-state index contributed by atoms with van der Waals surface area (Å²) in [5.41, 5.74) is 17.3. The van der Waals surface area contributed by atoms with Gasteiger partial charge in [0.2, 0.25) is 0 Å². The molecule has 0 saturated carbocycles. The minimum absolute atomic E-state index is 0.135. The molecule has 31 nitrogen and oxygen atoms in total. The van der Waals surface area contributed by atoms with Gasteiger partial charge in [0.1, 0.15) is 0 Å². The first-order valence-corrected chi connectivity index (χ1v) is 49.1. The number of halogens is 3. The van der Waals surface area contributed by atoms with Crippen LogP contribution < -0.4 is 38.5 Å². The van der Waals surface area contributed by atoms with Crippen LogP contribution in [-0.2, 0) is 59.0 Å². The van der Waals surface area contributed by atoms with Crippen molar-refractivity contribution >= 4 is 177 Å². The molecule has 0 unspecified atom stereocenters. The number of para-hydroxylation sites is 1. The highest BCUT2D eigenvalue weighted by atomic mass is 35.5. The Labute approximate surface area is 786 Å². The molecule has 4 amide bonds. The molecule has 0 radical (unpaired) electrons. The number of nitrogens with one attached hydrogen (secondary N) is 4. The Balaban J connectivity index is 0.000000130. The number of rotatable bonds is 16. The van der Waals surface area contributed by atoms with E-state index in [1.165, 1.54) is 41.5 Å². The highest BCUT2D eigenvalue weighted by molar-refractivity contribution is 7.93. The molecule has 4 saturated heterocycles. The van der Waals surface area contributed by atoms with Gasteiger partial charge in [0.15, 0.2) is 29.6 Å². The van der Waals surface area contributed by atoms with E-state index in [4.69, 9.17) is 58.7 Å². The predicted molar refractivity (Wildman–Crippen MR) is 520 cm³/mol. The number of fused-ring (bicyclic) bond motifs is 3. The lowest BCUT2D eigenvalue weighted by Crippen LogP contribution is -2.41. The predicted octanol–water partition coefficient (Wildman–Crippen LogP) is 17.0. The number of aromatic nitrogens is 7. The molecule has 0 spiro atoms. The second-order valence-corrected chi connectivity index (χ2v) is 39.4. The normalized spacial score (nSPS) is 15.3. The Bertz CT molecular complexity index is 7310. The van der Waals surface area contributed by atoms with Crippen LogP contribution in [0.3, 0.4) is 0 Å². The topological polar surface area (TPSA) is 393 Å². The summed E-state index contributed by atoms with van der Waals surface area (Å²) in [6.45, 7) is 8.05. The van der Waals surface area contributed by atoms with E-state index in [0.29, 0.717) is 91.9 Å². The van der Waals surface area contributed by atoms with Crippen LogP contribution in [0, 0.1) is 20.8 Å². The Morgan fingerprint density at radius 3 is 1.28 bits per heavy atom. The molecular formula is C96H82Cl3N15O16S4. The van der Waals surface area contributed by atoms with Crippen LogP contribution in [-0.4, -0.2) is 169 Å². The molecule has 9 aromatic carbocycles. The molecular weight excluding hydrogens is 1850 g/mol. The van der Waals surface area contributed by atoms with Crippen molar-refractivity contribution in [2.24, 2.45) is 0 Å². The number of carbonyl (C=O) groups excluding carboxylic acids is 4. The molecule has 38 heteroatoms. The number of ether oxygens (including phenoxy) is 4. The lowest BCUT2D eigenvalue weighted by atomic mass is 10.0. The van der Waals surface area contributed by atoms with Crippen LogP contribution in [0.15, 0.2) is 274 Å². The van der Waals surface area contributed by atoms with Gasteiger partial charge in [-0.05, 0) is 238 Å². The Hall–Kier alpha value is -13.8. The zero-order chi connectivity index (χ0) is 94.0. The highest BCUT2D eigenvalue weighted by Crippen LogP contribution is 2.37. The fourth-order valence-electron chi connectivity index (χ4n) is 14.9. The van der Waals surface area contributed by atoms with Crippen molar-refractivity contribution < 1.29 is 71.8 Å². The van der Waals surface area contributed by atoms with Gasteiger partial charge in [-0.15, -0.1) is 0 Å². The number of hydrogen-bond acceptors (Lipinski definition) is 23. The van der Waals surface area contributed by atoms with Gasteiger partial charge in [0.05, 0.1) is 141 Å². The Morgan fingerprint density at radius 2 is 0.761 bits per heavy atom. The van der Waals surface area contributed by atoms with E-state index in [1.807, 2.05) is 154 Å². The zero-order valence-electron chi connectivity index (χ0n) is 71.7. The maximum Gasteiger partial charge on any atom is 0.259 e. The molecule has 4 aliphatic heterocycles. The molecule has 682 valence electrons. The third-order valence-corrected chi connectivity index (χ3v) is 28.8. The molecule has 6 aromatic heterocycles. The van der Waals surface area contributed by atoms with Crippen molar-refractivity contribution in [2.75, 3.05) is 115 Å². The number of nitrogens with zero attached hydrogens (tertiary/aromatic N) is 11. The summed E-state index contributed by atoms with van der Waals surface area (Å²) in [5.74, 6) is -2.30. The zero-order valence-corrected chi connectivity index (χ0v) is 77.2. The average molecular weight is 1940 g/mol. The summed E-state index contributed by atoms with van der Waals surface area (Å²) in [4.78, 5) is 82.9. The SMILES string of the molecule is Cc1ccc(NC(=O)c2ccc(N3CCOCS3(=O)=O)cc2)cc1-c1ccc2ncccc2n1.Cc1ccc(NC(=O)c2ccc(N3CCOCS3(=O)=O)cc2)cc1-c1ncc2ccccc2n1.Cc1ccc(NC(=O)c2ccc(N3CCOCS3(=O)=O)cc2Cl)cc1-c1nccc2ncccc12.O=C(Nc1ccc(Cl)c(-c2ccccn2)c1)c1ccc(N2CCOCS2(=O)=O)cc1Cl. The number of pyridine rings is 5. The highest BCUT2D eigenvalue weighted by Gasteiger charge is 2.32. The standard InChI is InChI=1S/C25H21ClN4O4S.2C25H22N4O4S.C21H17Cl2N3O4S/c1-16-4-5-17(13-21(16)24-20-3-2-9-27-23(20)8-10-28-24)29-25(31)19-7-6-18(14-22(19)26)30-11-12-34-15-35(30,32)33;1-17-4-7-19(15-21(17)22-10-11-23-24(28-22)3-2-12-26-23)27-25(30)18-5-8-20(9-6-18)29-13-14-33-16-34(29,31)32;1-17-6-9-20(14-22(17)24-26-15-19-4-2-3-5-23(19)28-24)27-25(30)18-7-10-21(11-8-18)29-12-13-33-16-34(29,31)32;22-18-7-4-14(11-17(18)20-3-1-2-8-24-20)25-21(27)16-6-5-15(12-19(16)23)26-9-10-30-13-31(26,28)29/h2-10,13-14H,11-12,15H2,1H3,(H,29,31);2-12,15H,13-14,16H2,1H3,(H,27,30);2-11,14-15H,12-13,16H2,1H3,(H,27,30);1-8,11-12H,9-10,13H2,(H,25,27). The molecule has 4 aliphatic rings. The molecule has 19 rings (SSSR count). The first-order chi connectivity index (χ1) is 64.5. The van der Waals surface area contributed by atoms with E-state index >= 15 is 0 Å². The number of carbonyl (C=O) groups is 4. The lowest BCUT2D eigenvalue weighted by molar-refractivity contribution is 0.101. The van der Waals surface area contributed by atoms with Crippen LogP contribution in [0.4, 0.5) is 45.5 Å². The molecule has 10 heterocycles. The van der Waals surface area contributed by atoms with Crippen LogP contribution in [0.5, 0.6) is 0 Å². The Morgan fingerprint density at radius 1 is 0.328 bits per heavy atom. The van der Waals surface area contributed by atoms with E-state index in [1.54, 1.807) is 116 Å². The van der Waals surface area contributed by atoms with Crippen LogP contribution in [0.2, 0.25) is 15.1 Å². The number of amides is 4. The number of benzene rings is 9. The number of hydrogen-bond donors (Lipinski definition) is 4. The summed E-state index contributed by atoms with van der Waals surface area (Å²) in [6, 6.07) is 70.5. The fraction of sp³-hybridized carbons (Fsp3) is 0.156. The van der Waals surface area contributed by atoms with Crippen LogP contribution >= 0.6 is 34.8 Å². The number of anilines is 8. The summed E-state index contributed by atoms with van der Waals surface area (Å²) in [5, 5.41) is 14.2. The van der Waals surface area contributed by atoms with E-state index in [0.717, 1.165) is 77.6 Å². The van der Waals surface area contributed by atoms with Gasteiger partial charge in [-0.2, -0.15) is 0 Å². The van der Waals surface area contributed by atoms with E-state index in [2.05, 4.69) is 51.2 Å². The second kappa shape index (κ2) is 40.7. The molecule has 134 heavy (non-hydrogen) atoms. The van der Waals surface area contributed by atoms with E-state index < -0.39 is 51.9 Å². The van der Waals surface area contributed by atoms with Crippen molar-refractivity contribution in [3.63, 3.8) is 0 Å². The number of sulfonamides is 4. The largest absolute Gasteiger partial charge is 0.362 e. The smallest absolute Gasteiger partial charge is 0.259 e. The van der Waals surface area contributed by atoms with Crippen molar-refractivity contribution in [3.05, 3.63) is 328 Å². The van der Waals surface area contributed by atoms with Crippen molar-refractivity contribution in [2.45, 2.75) is 20.8 Å². The monoisotopic (exact) mass is 1930 g/mol. The maximum absolute atomic E-state index is 13.0. The van der Waals surface area contributed by atoms with Gasteiger partial charge in [0.25, 0.3) is 63.7 Å². The third kappa shape index (κ3) is 21.7. The van der Waals surface area contributed by atoms with Gasteiger partial charge in [0, 0.05) is 97.9 Å². The summed E-state index contributed by atoms with van der Waals surface area (Å²) in [6.07, 6.45) is 8.63. The first kappa shape index (κ1) is 93.4. The van der Waals surface area contributed by atoms with E-state index in [9.17, 15) is 52.8 Å². The molecule has 15 aromatic rings. The second-order valence-electron chi connectivity index (χ2n) is 30.8. The minimum Gasteiger partial charge on any atom is -0.362 e. The number of aryl methyl sites for hydroxylation is 3. The summed E-state index contributed by atoms with van der Waals surface area (Å²) < 4.78 is 123. The average Bonchev–Trinajstić information content (AvgIpc) is 0.774. The summed E-state index contributed by atoms with van der Waals surface area (Å²) >= 11 is 19.0. The third-order valence-electron chi connectivity index (χ3n) is 21.7. The first-order valence-electron chi connectivity index (χ1n) is 41.5. The molecule has 0 aliphatic carbocycles. The quantitative estimate of drug-likeness (QED) is 0.0698. The molecule has 0 atom stereocenters. The van der Waals surface area contributed by atoms with Crippen LogP contribution in [0.25, 0.3) is 78.0 Å². The molecule has 4 N–H and O–H groups in total. The van der Waals surface area contributed by atoms with Gasteiger partial charge in [-0.25, -0.2) is 48.6 Å². The van der Waals surface area contributed by atoms with Gasteiger partial charge in [-0.1, -0.05) is 77.3 Å². The maximum atomic E-state index is 13.0. The summed E-state index contributed by atoms with van der Waals surface area (Å²) in [7, 11) is -14.2. The van der Waals surface area contributed by atoms with E-state index in [-0.39, 0.29) is 96.1 Å². The fourth-order valence-corrected chi connectivity index (χ4v) is 20.6. The van der Waals surface area contributed by atoms with Crippen LogP contribution in [0.1, 0.15) is 58.1 Å². The lowest BCUT2D eigenvalue weighted by Gasteiger charge is -2.28. The Kier molecular flexibility index (Phi) is 28.4. The van der Waals surface area contributed by atoms with Crippen molar-refractivity contribution in [1.82, 2.24) is 34.9 Å². The van der Waals surface area contributed by atoms with Crippen molar-refractivity contribution in [1.29, 1.82) is 0 Å². The van der Waals surface area contributed by atoms with Gasteiger partial charge in [-0.3, -0.25) is 56.3 Å².